The molecule has 1 heterocycles. The molecule has 0 radical (unpaired) electrons. The van der Waals surface area contributed by atoms with Gasteiger partial charge in [-0.25, -0.2) is 4.98 Å². The molecule has 1 atom stereocenters. The van der Waals surface area contributed by atoms with Crippen molar-refractivity contribution >= 4 is 11.9 Å². The van der Waals surface area contributed by atoms with Crippen LogP contribution in [0.15, 0.2) is 12.1 Å². The van der Waals surface area contributed by atoms with Crippen LogP contribution in [0.3, 0.4) is 0 Å². The summed E-state index contributed by atoms with van der Waals surface area (Å²) in [5.41, 5.74) is 0.908. The molecular weight excluding hydrogens is 222 g/mol. The van der Waals surface area contributed by atoms with Crippen molar-refractivity contribution in [2.24, 2.45) is 0 Å². The second kappa shape index (κ2) is 5.07. The Hall–Kier alpha value is -2.42. The lowest BCUT2D eigenvalue weighted by Gasteiger charge is -2.09. The van der Waals surface area contributed by atoms with E-state index in [9.17, 15) is 9.59 Å². The molecule has 0 bridgehead atoms. The number of hydrogen-bond donors (Lipinski definition) is 2. The van der Waals surface area contributed by atoms with Gasteiger partial charge >= 0.3 is 5.97 Å². The number of amides is 1. The van der Waals surface area contributed by atoms with Crippen LogP contribution in [0, 0.1) is 18.3 Å². The van der Waals surface area contributed by atoms with Gasteiger partial charge in [0.25, 0.3) is 5.91 Å². The Bertz CT molecular complexity index is 505. The zero-order valence-electron chi connectivity index (χ0n) is 9.39. The van der Waals surface area contributed by atoms with Crippen LogP contribution in [0.25, 0.3) is 0 Å². The molecule has 17 heavy (non-hydrogen) atoms. The highest BCUT2D eigenvalue weighted by molar-refractivity contribution is 5.94. The van der Waals surface area contributed by atoms with Crippen molar-refractivity contribution in [2.45, 2.75) is 19.9 Å². The smallest absolute Gasteiger partial charge is 0.325 e. The van der Waals surface area contributed by atoms with Gasteiger partial charge in [0.15, 0.2) is 0 Å². The Kier molecular flexibility index (Phi) is 3.78. The average Bonchev–Trinajstić information content (AvgIpc) is 2.28. The van der Waals surface area contributed by atoms with Crippen molar-refractivity contribution in [3.8, 4) is 6.07 Å². The number of carbonyl (C=O) groups excluding carboxylic acids is 1. The van der Waals surface area contributed by atoms with Gasteiger partial charge in [0.2, 0.25) is 0 Å². The van der Waals surface area contributed by atoms with E-state index >= 15 is 0 Å². The summed E-state index contributed by atoms with van der Waals surface area (Å²) in [6, 6.07) is 3.81. The molecular formula is C11H11N3O3. The minimum Gasteiger partial charge on any atom is -0.480 e. The summed E-state index contributed by atoms with van der Waals surface area (Å²) < 4.78 is 0. The maximum absolute atomic E-state index is 11.6. The summed E-state index contributed by atoms with van der Waals surface area (Å²) >= 11 is 0. The molecule has 0 spiro atoms. The Morgan fingerprint density at radius 3 is 2.65 bits per heavy atom. The van der Waals surface area contributed by atoms with Gasteiger partial charge in [-0.05, 0) is 26.0 Å². The fraction of sp³-hybridized carbons (Fsp3) is 0.273. The van der Waals surface area contributed by atoms with Crippen LogP contribution < -0.4 is 5.32 Å². The number of carboxylic acids is 1. The molecule has 0 aromatic carbocycles. The van der Waals surface area contributed by atoms with Gasteiger partial charge in [-0.1, -0.05) is 0 Å². The van der Waals surface area contributed by atoms with Gasteiger partial charge in [0.05, 0.1) is 11.3 Å². The maximum atomic E-state index is 11.6. The summed E-state index contributed by atoms with van der Waals surface area (Å²) in [7, 11) is 0. The lowest BCUT2D eigenvalue weighted by atomic mass is 10.2. The molecule has 6 heteroatoms. The Balaban J connectivity index is 2.88. The molecule has 0 aliphatic carbocycles. The van der Waals surface area contributed by atoms with E-state index in [0.717, 1.165) is 0 Å². The summed E-state index contributed by atoms with van der Waals surface area (Å²) in [6.45, 7) is 2.96. The van der Waals surface area contributed by atoms with Gasteiger partial charge in [-0.3, -0.25) is 9.59 Å². The second-order valence-corrected chi connectivity index (χ2v) is 3.47. The number of rotatable bonds is 3. The molecule has 0 saturated carbocycles. The van der Waals surface area contributed by atoms with Crippen LogP contribution in [-0.2, 0) is 4.79 Å². The number of nitrogens with zero attached hydrogens (tertiary/aromatic N) is 2. The summed E-state index contributed by atoms with van der Waals surface area (Å²) in [4.78, 5) is 26.1. The first-order valence-corrected chi connectivity index (χ1v) is 4.87. The highest BCUT2D eigenvalue weighted by Gasteiger charge is 2.16. The van der Waals surface area contributed by atoms with E-state index in [1.807, 2.05) is 6.07 Å². The topological polar surface area (TPSA) is 103 Å². The minimum absolute atomic E-state index is 0.0922. The molecule has 0 aliphatic rings. The molecule has 0 aliphatic heterocycles. The van der Waals surface area contributed by atoms with Crippen LogP contribution in [0.2, 0.25) is 0 Å². The Labute approximate surface area is 97.9 Å². The predicted octanol–water partition coefficient (Wildman–Crippen LogP) is 0.465. The highest BCUT2D eigenvalue weighted by Crippen LogP contribution is 2.05. The first kappa shape index (κ1) is 12.6. The largest absolute Gasteiger partial charge is 0.480 e. The van der Waals surface area contributed by atoms with Crippen LogP contribution in [0.1, 0.15) is 28.7 Å². The highest BCUT2D eigenvalue weighted by atomic mass is 16.4. The van der Waals surface area contributed by atoms with Crippen molar-refractivity contribution in [3.63, 3.8) is 0 Å². The van der Waals surface area contributed by atoms with Gasteiger partial charge < -0.3 is 10.4 Å². The number of hydrogen-bond acceptors (Lipinski definition) is 4. The fourth-order valence-corrected chi connectivity index (χ4v) is 1.14. The third-order valence-electron chi connectivity index (χ3n) is 2.16. The number of nitriles is 1. The molecule has 1 aromatic heterocycles. The zero-order chi connectivity index (χ0) is 13.0. The van der Waals surface area contributed by atoms with Crippen molar-refractivity contribution in [3.05, 3.63) is 29.1 Å². The van der Waals surface area contributed by atoms with Crippen LogP contribution in [0.5, 0.6) is 0 Å². The molecule has 0 saturated heterocycles. The van der Waals surface area contributed by atoms with E-state index in [-0.39, 0.29) is 5.69 Å². The van der Waals surface area contributed by atoms with E-state index in [1.165, 1.54) is 19.1 Å². The molecule has 0 fully saturated rings. The molecule has 1 rings (SSSR count). The Morgan fingerprint density at radius 1 is 1.53 bits per heavy atom. The number of aliphatic carboxylic acids is 1. The number of aryl methyl sites for hydroxylation is 1. The standard InChI is InChI=1S/C11H11N3O3/c1-6-8(5-12)3-4-9(13-6)10(15)14-7(2)11(16)17/h3-4,7H,1-2H3,(H,14,15)(H,16,17). The van der Waals surface area contributed by atoms with Gasteiger partial charge in [-0.2, -0.15) is 5.26 Å². The van der Waals surface area contributed by atoms with Crippen LogP contribution in [-0.4, -0.2) is 28.0 Å². The van der Waals surface area contributed by atoms with Crippen molar-refractivity contribution in [2.75, 3.05) is 0 Å². The average molecular weight is 233 g/mol. The lowest BCUT2D eigenvalue weighted by Crippen LogP contribution is -2.38. The quantitative estimate of drug-likeness (QED) is 0.789. The third kappa shape index (κ3) is 3.01. The fourth-order valence-electron chi connectivity index (χ4n) is 1.14. The summed E-state index contributed by atoms with van der Waals surface area (Å²) in [6.07, 6.45) is 0. The number of nitrogens with one attached hydrogen (secondary N) is 1. The Morgan fingerprint density at radius 2 is 2.18 bits per heavy atom. The maximum Gasteiger partial charge on any atom is 0.325 e. The zero-order valence-corrected chi connectivity index (χ0v) is 9.39. The van der Waals surface area contributed by atoms with E-state index < -0.39 is 17.9 Å². The molecule has 1 aromatic rings. The summed E-state index contributed by atoms with van der Waals surface area (Å²) in [5.74, 6) is -1.70. The molecule has 2 N–H and O–H groups in total. The summed E-state index contributed by atoms with van der Waals surface area (Å²) in [5, 5.41) is 19.6. The van der Waals surface area contributed by atoms with Gasteiger partial charge in [0, 0.05) is 0 Å². The van der Waals surface area contributed by atoms with Crippen molar-refractivity contribution in [1.29, 1.82) is 5.26 Å². The number of aromatic nitrogens is 1. The van der Waals surface area contributed by atoms with E-state index in [1.54, 1.807) is 6.92 Å². The van der Waals surface area contributed by atoms with Crippen LogP contribution >= 0.6 is 0 Å². The molecule has 6 nitrogen and oxygen atoms in total. The number of carbonyl (C=O) groups is 2. The second-order valence-electron chi connectivity index (χ2n) is 3.47. The monoisotopic (exact) mass is 233 g/mol. The first-order chi connectivity index (χ1) is 7.95. The number of carboxylic acid groups (broad SMARTS) is 1. The number of pyridine rings is 1. The predicted molar refractivity (Wildman–Crippen MR) is 58.3 cm³/mol. The minimum atomic E-state index is -1.12. The van der Waals surface area contributed by atoms with E-state index in [4.69, 9.17) is 10.4 Å². The van der Waals surface area contributed by atoms with Gasteiger partial charge in [0.1, 0.15) is 17.8 Å². The molecule has 88 valence electrons. The third-order valence-corrected chi connectivity index (χ3v) is 2.16. The van der Waals surface area contributed by atoms with Crippen LogP contribution in [0.4, 0.5) is 0 Å². The normalized spacial score (nSPS) is 11.4. The molecule has 1 unspecified atom stereocenters. The van der Waals surface area contributed by atoms with Crippen molar-refractivity contribution in [1.82, 2.24) is 10.3 Å². The van der Waals surface area contributed by atoms with Crippen molar-refractivity contribution < 1.29 is 14.7 Å². The molecule has 1 amide bonds. The van der Waals surface area contributed by atoms with E-state index in [0.29, 0.717) is 11.3 Å². The SMILES string of the molecule is Cc1nc(C(=O)NC(C)C(=O)O)ccc1C#N. The lowest BCUT2D eigenvalue weighted by molar-refractivity contribution is -0.138. The van der Waals surface area contributed by atoms with Gasteiger partial charge in [-0.15, -0.1) is 0 Å². The first-order valence-electron chi connectivity index (χ1n) is 4.87. The van der Waals surface area contributed by atoms with E-state index in [2.05, 4.69) is 10.3 Å².